The van der Waals surface area contributed by atoms with Gasteiger partial charge in [0.15, 0.2) is 0 Å². The molecule has 3 aromatic carbocycles. The van der Waals surface area contributed by atoms with Crippen molar-refractivity contribution in [2.75, 3.05) is 25.0 Å². The van der Waals surface area contributed by atoms with E-state index in [-0.39, 0.29) is 18.0 Å². The van der Waals surface area contributed by atoms with Crippen molar-refractivity contribution < 1.29 is 14.3 Å². The van der Waals surface area contributed by atoms with Crippen LogP contribution in [0.3, 0.4) is 0 Å². The second-order valence-corrected chi connectivity index (χ2v) is 7.84. The summed E-state index contributed by atoms with van der Waals surface area (Å²) in [7, 11) is 0. The van der Waals surface area contributed by atoms with E-state index in [1.165, 1.54) is 6.08 Å². The minimum Gasteiger partial charge on any atom is -0.457 e. The van der Waals surface area contributed by atoms with Crippen LogP contribution in [0.5, 0.6) is 11.5 Å². The highest BCUT2D eigenvalue weighted by Crippen LogP contribution is 2.22. The Kier molecular flexibility index (Phi) is 10.4. The normalized spacial score (nSPS) is 11.6. The molecule has 0 bridgehead atoms. The van der Waals surface area contributed by atoms with Crippen LogP contribution in [0.15, 0.2) is 97.1 Å². The van der Waals surface area contributed by atoms with Crippen LogP contribution >= 0.6 is 0 Å². The quantitative estimate of drug-likeness (QED) is 0.231. The smallest absolute Gasteiger partial charge is 0.319 e. The maximum Gasteiger partial charge on any atom is 0.319 e. The van der Waals surface area contributed by atoms with Crippen molar-refractivity contribution in [3.63, 3.8) is 0 Å². The third-order valence-corrected chi connectivity index (χ3v) is 5.04. The van der Waals surface area contributed by atoms with E-state index in [9.17, 15) is 9.59 Å². The number of urea groups is 1. The number of benzene rings is 3. The lowest BCUT2D eigenvalue weighted by Crippen LogP contribution is -2.38. The summed E-state index contributed by atoms with van der Waals surface area (Å²) >= 11 is 0. The molecule has 3 aromatic rings. The summed E-state index contributed by atoms with van der Waals surface area (Å²) in [6.07, 6.45) is 3.74. The molecule has 182 valence electrons. The summed E-state index contributed by atoms with van der Waals surface area (Å²) in [6, 6.07) is 25.7. The van der Waals surface area contributed by atoms with Gasteiger partial charge in [0.1, 0.15) is 11.5 Å². The van der Waals surface area contributed by atoms with Crippen LogP contribution in [0.2, 0.25) is 0 Å². The van der Waals surface area contributed by atoms with Gasteiger partial charge in [0.05, 0.1) is 6.04 Å². The molecule has 1 atom stereocenters. The van der Waals surface area contributed by atoms with E-state index >= 15 is 0 Å². The number of anilines is 1. The summed E-state index contributed by atoms with van der Waals surface area (Å²) < 4.78 is 5.79. The first kappa shape index (κ1) is 25.5. The molecule has 0 aliphatic heterocycles. The molecule has 4 N–H and O–H groups in total. The minimum absolute atomic E-state index is 0.197. The van der Waals surface area contributed by atoms with Gasteiger partial charge in [-0.1, -0.05) is 61.5 Å². The second kappa shape index (κ2) is 14.2. The Balaban J connectivity index is 1.56. The minimum atomic E-state index is -0.363. The van der Waals surface area contributed by atoms with Gasteiger partial charge in [-0.25, -0.2) is 4.79 Å². The van der Waals surface area contributed by atoms with Gasteiger partial charge >= 0.3 is 6.03 Å². The van der Waals surface area contributed by atoms with E-state index in [0.29, 0.717) is 30.9 Å². The van der Waals surface area contributed by atoms with Crippen molar-refractivity contribution in [1.29, 1.82) is 0 Å². The number of hydrogen-bond acceptors (Lipinski definition) is 4. The topological polar surface area (TPSA) is 91.5 Å². The van der Waals surface area contributed by atoms with E-state index < -0.39 is 0 Å². The van der Waals surface area contributed by atoms with Crippen molar-refractivity contribution in [2.45, 2.75) is 19.4 Å². The zero-order valence-corrected chi connectivity index (χ0v) is 19.9. The van der Waals surface area contributed by atoms with Crippen molar-refractivity contribution in [3.8, 4) is 11.5 Å². The lowest BCUT2D eigenvalue weighted by molar-refractivity contribution is -0.116. The zero-order valence-electron chi connectivity index (χ0n) is 19.9. The standard InChI is InChI=1S/C28H32N4O3/c1-2-29-19-20-30-27(33)18-15-24(21-22-9-5-3-6-10-22)32-28(34)31-23-13-16-26(17-14-23)35-25-11-7-4-8-12-25/h3-18,24,29H,2,19-21H2,1H3,(H,30,33)(H2,31,32,34)/b18-15+. The summed E-state index contributed by atoms with van der Waals surface area (Å²) in [4.78, 5) is 24.8. The molecule has 3 rings (SSSR count). The largest absolute Gasteiger partial charge is 0.457 e. The number of rotatable bonds is 12. The lowest BCUT2D eigenvalue weighted by Gasteiger charge is -2.16. The zero-order chi connectivity index (χ0) is 24.7. The van der Waals surface area contributed by atoms with Crippen molar-refractivity contribution in [1.82, 2.24) is 16.0 Å². The maximum absolute atomic E-state index is 12.7. The molecule has 1 unspecified atom stereocenters. The summed E-state index contributed by atoms with van der Waals surface area (Å²) in [5.74, 6) is 1.22. The molecule has 7 heteroatoms. The number of likely N-dealkylation sites (N-methyl/N-ethyl adjacent to an activating group) is 1. The fourth-order valence-corrected chi connectivity index (χ4v) is 3.32. The van der Waals surface area contributed by atoms with E-state index in [4.69, 9.17) is 4.74 Å². The molecule has 0 heterocycles. The molecule has 0 radical (unpaired) electrons. The monoisotopic (exact) mass is 472 g/mol. The molecule has 0 aromatic heterocycles. The molecule has 7 nitrogen and oxygen atoms in total. The molecule has 0 spiro atoms. The third-order valence-electron chi connectivity index (χ3n) is 5.04. The number of ether oxygens (including phenoxy) is 1. The SMILES string of the molecule is CCNCCNC(=O)/C=C/C(Cc1ccccc1)NC(=O)Nc1ccc(Oc2ccccc2)cc1. The maximum atomic E-state index is 12.7. The fraction of sp³-hybridized carbons (Fsp3) is 0.214. The molecule has 0 saturated heterocycles. The van der Waals surface area contributed by atoms with Crippen LogP contribution in [0.4, 0.5) is 10.5 Å². The van der Waals surface area contributed by atoms with Gasteiger partial charge in [-0.15, -0.1) is 0 Å². The average Bonchev–Trinajstić information content (AvgIpc) is 2.87. The number of carbonyl (C=O) groups excluding carboxylic acids is 2. The van der Waals surface area contributed by atoms with Gasteiger partial charge in [-0.05, 0) is 54.9 Å². The van der Waals surface area contributed by atoms with Crippen molar-refractivity contribution >= 4 is 17.6 Å². The molecule has 0 aliphatic rings. The Bertz CT molecular complexity index is 1070. The highest BCUT2D eigenvalue weighted by atomic mass is 16.5. The summed E-state index contributed by atoms with van der Waals surface area (Å²) in [6.45, 7) is 4.11. The van der Waals surface area contributed by atoms with Crippen LogP contribution in [-0.4, -0.2) is 37.6 Å². The highest BCUT2D eigenvalue weighted by Gasteiger charge is 2.11. The summed E-state index contributed by atoms with van der Waals surface area (Å²) in [5.41, 5.74) is 1.68. The average molecular weight is 473 g/mol. The van der Waals surface area contributed by atoms with E-state index in [2.05, 4.69) is 21.3 Å². The number of nitrogens with one attached hydrogen (secondary N) is 4. The van der Waals surface area contributed by atoms with E-state index in [1.807, 2.05) is 67.6 Å². The van der Waals surface area contributed by atoms with Gasteiger partial charge in [0.25, 0.3) is 0 Å². The number of amides is 3. The Hall–Kier alpha value is -4.10. The van der Waals surface area contributed by atoms with Crippen molar-refractivity contribution in [2.24, 2.45) is 0 Å². The van der Waals surface area contributed by atoms with Crippen molar-refractivity contribution in [3.05, 3.63) is 103 Å². The van der Waals surface area contributed by atoms with Gasteiger partial charge in [-0.2, -0.15) is 0 Å². The number of carbonyl (C=O) groups is 2. The Morgan fingerprint density at radius 2 is 1.51 bits per heavy atom. The molecule has 0 fully saturated rings. The number of para-hydroxylation sites is 1. The van der Waals surface area contributed by atoms with Crippen LogP contribution in [0.1, 0.15) is 12.5 Å². The lowest BCUT2D eigenvalue weighted by atomic mass is 10.1. The van der Waals surface area contributed by atoms with Gasteiger partial charge in [0, 0.05) is 24.9 Å². The fourth-order valence-electron chi connectivity index (χ4n) is 3.32. The van der Waals surface area contributed by atoms with Crippen LogP contribution < -0.4 is 26.0 Å². The molecular formula is C28H32N4O3. The van der Waals surface area contributed by atoms with Gasteiger partial charge in [-0.3, -0.25) is 4.79 Å². The second-order valence-electron chi connectivity index (χ2n) is 7.84. The van der Waals surface area contributed by atoms with Crippen LogP contribution in [0.25, 0.3) is 0 Å². The first-order valence-corrected chi connectivity index (χ1v) is 11.7. The van der Waals surface area contributed by atoms with E-state index in [1.54, 1.807) is 30.3 Å². The Morgan fingerprint density at radius 1 is 0.857 bits per heavy atom. The molecule has 0 saturated carbocycles. The number of hydrogen-bond donors (Lipinski definition) is 4. The van der Waals surface area contributed by atoms with Crippen LogP contribution in [0, 0.1) is 0 Å². The first-order chi connectivity index (χ1) is 17.1. The predicted octanol–water partition coefficient (Wildman–Crippen LogP) is 4.49. The predicted molar refractivity (Wildman–Crippen MR) is 140 cm³/mol. The summed E-state index contributed by atoms with van der Waals surface area (Å²) in [5, 5.41) is 11.8. The highest BCUT2D eigenvalue weighted by molar-refractivity contribution is 5.90. The van der Waals surface area contributed by atoms with Gasteiger partial charge < -0.3 is 26.0 Å². The van der Waals surface area contributed by atoms with Gasteiger partial charge in [0.2, 0.25) is 5.91 Å². The first-order valence-electron chi connectivity index (χ1n) is 11.7. The Morgan fingerprint density at radius 3 is 2.20 bits per heavy atom. The molecular weight excluding hydrogens is 440 g/mol. The molecule has 3 amide bonds. The third kappa shape index (κ3) is 9.73. The Labute approximate surface area is 206 Å². The molecule has 35 heavy (non-hydrogen) atoms. The van der Waals surface area contributed by atoms with Crippen LogP contribution in [-0.2, 0) is 11.2 Å². The van der Waals surface area contributed by atoms with E-state index in [0.717, 1.165) is 17.9 Å². The molecule has 0 aliphatic carbocycles.